The largest absolute Gasteiger partial charge is 0.378 e. The summed E-state index contributed by atoms with van der Waals surface area (Å²) in [7, 11) is 0. The van der Waals surface area contributed by atoms with Crippen LogP contribution in [0.5, 0.6) is 0 Å². The number of aromatic amines is 1. The van der Waals surface area contributed by atoms with Crippen molar-refractivity contribution in [1.82, 2.24) is 9.97 Å². The molecule has 2 aromatic rings. The molecule has 3 aliphatic heterocycles. The summed E-state index contributed by atoms with van der Waals surface area (Å²) in [5.74, 6) is -2.38. The van der Waals surface area contributed by atoms with Gasteiger partial charge in [0.15, 0.2) is 0 Å². The minimum Gasteiger partial charge on any atom is -0.378 e. The van der Waals surface area contributed by atoms with E-state index in [2.05, 4.69) is 20.6 Å². The molecule has 1 aromatic carbocycles. The van der Waals surface area contributed by atoms with Crippen LogP contribution in [-0.2, 0) is 19.7 Å². The fraction of sp³-hybridized carbons (Fsp3) is 0.316. The average molecular weight is 392 g/mol. The van der Waals surface area contributed by atoms with Crippen LogP contribution in [-0.4, -0.2) is 48.1 Å². The molecule has 1 fully saturated rings. The molecule has 4 heterocycles. The number of para-hydroxylation sites is 1. The summed E-state index contributed by atoms with van der Waals surface area (Å²) in [6, 6.07) is 8.67. The second kappa shape index (κ2) is 6.15. The van der Waals surface area contributed by atoms with Crippen LogP contribution in [0, 0.1) is 17.2 Å². The van der Waals surface area contributed by atoms with Gasteiger partial charge in [-0.3, -0.25) is 19.4 Å². The lowest BCUT2D eigenvalue weighted by molar-refractivity contribution is -0.127. The van der Waals surface area contributed by atoms with Crippen LogP contribution in [0.15, 0.2) is 29.1 Å². The van der Waals surface area contributed by atoms with E-state index in [9.17, 15) is 19.6 Å². The fourth-order valence-corrected chi connectivity index (χ4v) is 4.34. The number of amides is 2. The molecular weight excluding hydrogens is 376 g/mol. The van der Waals surface area contributed by atoms with Gasteiger partial charge in [0.2, 0.25) is 17.8 Å². The minimum absolute atomic E-state index is 0.00130. The number of nitriles is 1. The van der Waals surface area contributed by atoms with E-state index in [1.54, 1.807) is 24.3 Å². The lowest BCUT2D eigenvalue weighted by atomic mass is 9.65. The number of H-pyrrole nitrogens is 1. The van der Waals surface area contributed by atoms with Gasteiger partial charge in [-0.25, -0.2) is 0 Å². The second-order valence-corrected chi connectivity index (χ2v) is 7.07. The molecular formula is C19H16N6O4. The third kappa shape index (κ3) is 2.25. The molecule has 0 aliphatic carbocycles. The number of morpholine rings is 1. The molecule has 3 N–H and O–H groups in total. The number of ether oxygens (including phenoxy) is 1. The Kier molecular flexibility index (Phi) is 3.69. The van der Waals surface area contributed by atoms with Gasteiger partial charge in [0, 0.05) is 18.8 Å². The third-order valence-corrected chi connectivity index (χ3v) is 5.64. The summed E-state index contributed by atoms with van der Waals surface area (Å²) in [6.45, 7) is 2.04. The molecule has 2 amide bonds. The second-order valence-electron chi connectivity index (χ2n) is 7.07. The highest BCUT2D eigenvalue weighted by molar-refractivity contribution is 6.16. The molecule has 1 spiro atoms. The summed E-state index contributed by atoms with van der Waals surface area (Å²) in [6.07, 6.45) is 0. The standard InChI is InChI=1S/C19H16N6O4/c20-9-11-15(26)22-14-13(16(27)24-18(23-14)25-5-7-29-8-6-25)19(11)10-3-1-2-4-12(10)21-17(19)28/h1-4,11H,5-8H2,(H,21,28)(H2,22,23,24,26,27)/t11-,19-/m0/s1. The first-order valence-electron chi connectivity index (χ1n) is 9.16. The summed E-state index contributed by atoms with van der Waals surface area (Å²) in [4.78, 5) is 48.2. The molecule has 2 atom stereocenters. The van der Waals surface area contributed by atoms with Crippen LogP contribution in [0.1, 0.15) is 11.1 Å². The molecule has 10 heteroatoms. The number of carbonyl (C=O) groups excluding carboxylic acids is 2. The van der Waals surface area contributed by atoms with Crippen molar-refractivity contribution in [2.45, 2.75) is 5.41 Å². The number of aromatic nitrogens is 2. The zero-order chi connectivity index (χ0) is 20.2. The Morgan fingerprint density at radius 2 is 1.93 bits per heavy atom. The quantitative estimate of drug-likeness (QED) is 0.617. The Balaban J connectivity index is 1.78. The molecule has 0 bridgehead atoms. The van der Waals surface area contributed by atoms with E-state index < -0.39 is 28.7 Å². The van der Waals surface area contributed by atoms with Gasteiger partial charge < -0.3 is 20.3 Å². The van der Waals surface area contributed by atoms with Crippen LogP contribution in [0.2, 0.25) is 0 Å². The Hall–Kier alpha value is -3.71. The molecule has 1 aromatic heterocycles. The Morgan fingerprint density at radius 1 is 1.17 bits per heavy atom. The van der Waals surface area contributed by atoms with E-state index in [-0.39, 0.29) is 17.3 Å². The van der Waals surface area contributed by atoms with Crippen molar-refractivity contribution >= 4 is 29.3 Å². The predicted octanol–water partition coefficient (Wildman–Crippen LogP) is -0.0634. The van der Waals surface area contributed by atoms with Gasteiger partial charge in [-0.15, -0.1) is 0 Å². The van der Waals surface area contributed by atoms with Gasteiger partial charge >= 0.3 is 0 Å². The predicted molar refractivity (Wildman–Crippen MR) is 101 cm³/mol. The van der Waals surface area contributed by atoms with E-state index in [1.165, 1.54) is 0 Å². The van der Waals surface area contributed by atoms with Crippen molar-refractivity contribution in [2.24, 2.45) is 5.92 Å². The minimum atomic E-state index is -1.76. The number of nitrogens with zero attached hydrogens (tertiary/aromatic N) is 3. The van der Waals surface area contributed by atoms with Gasteiger partial charge in [-0.05, 0) is 11.6 Å². The highest BCUT2D eigenvalue weighted by atomic mass is 16.5. The Bertz CT molecular complexity index is 1150. The highest BCUT2D eigenvalue weighted by Crippen LogP contribution is 2.50. The number of anilines is 3. The third-order valence-electron chi connectivity index (χ3n) is 5.64. The summed E-state index contributed by atoms with van der Waals surface area (Å²) >= 11 is 0. The number of fused-ring (bicyclic) bond motifs is 4. The number of hydrogen-bond acceptors (Lipinski definition) is 7. The van der Waals surface area contributed by atoms with Crippen molar-refractivity contribution in [2.75, 3.05) is 41.8 Å². The lowest BCUT2D eigenvalue weighted by Crippen LogP contribution is -2.54. The number of rotatable bonds is 1. The smallest absolute Gasteiger partial charge is 0.259 e. The molecule has 5 rings (SSSR count). The maximum Gasteiger partial charge on any atom is 0.259 e. The monoisotopic (exact) mass is 392 g/mol. The first-order valence-corrected chi connectivity index (χ1v) is 9.16. The van der Waals surface area contributed by atoms with Crippen LogP contribution >= 0.6 is 0 Å². The van der Waals surface area contributed by atoms with E-state index in [1.807, 2.05) is 11.0 Å². The number of hydrogen-bond donors (Lipinski definition) is 3. The van der Waals surface area contributed by atoms with Crippen LogP contribution in [0.4, 0.5) is 17.5 Å². The number of nitrogens with one attached hydrogen (secondary N) is 3. The van der Waals surface area contributed by atoms with Crippen molar-refractivity contribution in [3.05, 3.63) is 45.7 Å². The summed E-state index contributed by atoms with van der Waals surface area (Å²) in [5.41, 5.74) is -1.46. The van der Waals surface area contributed by atoms with E-state index in [0.717, 1.165) is 0 Å². The number of benzene rings is 1. The van der Waals surface area contributed by atoms with Gasteiger partial charge in [0.05, 0.1) is 24.8 Å². The summed E-state index contributed by atoms with van der Waals surface area (Å²) < 4.78 is 5.32. The molecule has 0 saturated carbocycles. The van der Waals surface area contributed by atoms with Crippen molar-refractivity contribution in [3.63, 3.8) is 0 Å². The molecule has 146 valence electrons. The van der Waals surface area contributed by atoms with E-state index >= 15 is 0 Å². The molecule has 0 radical (unpaired) electrons. The van der Waals surface area contributed by atoms with Gasteiger partial charge in [0.1, 0.15) is 17.2 Å². The lowest BCUT2D eigenvalue weighted by Gasteiger charge is -2.36. The van der Waals surface area contributed by atoms with Crippen LogP contribution in [0.25, 0.3) is 0 Å². The molecule has 29 heavy (non-hydrogen) atoms. The van der Waals surface area contributed by atoms with Gasteiger partial charge in [-0.1, -0.05) is 18.2 Å². The van der Waals surface area contributed by atoms with E-state index in [4.69, 9.17) is 4.74 Å². The van der Waals surface area contributed by atoms with Crippen LogP contribution in [0.3, 0.4) is 0 Å². The fourth-order valence-electron chi connectivity index (χ4n) is 4.34. The molecule has 1 saturated heterocycles. The first-order chi connectivity index (χ1) is 14.1. The zero-order valence-electron chi connectivity index (χ0n) is 15.2. The van der Waals surface area contributed by atoms with Crippen LogP contribution < -0.4 is 21.1 Å². The molecule has 0 unspecified atom stereocenters. The maximum absolute atomic E-state index is 13.2. The van der Waals surface area contributed by atoms with Crippen molar-refractivity contribution in [3.8, 4) is 6.07 Å². The zero-order valence-corrected chi connectivity index (χ0v) is 15.2. The topological polar surface area (TPSA) is 140 Å². The first kappa shape index (κ1) is 17.4. The maximum atomic E-state index is 13.2. The Labute approximate surface area is 164 Å². The Morgan fingerprint density at radius 3 is 2.69 bits per heavy atom. The average Bonchev–Trinajstić information content (AvgIpc) is 3.01. The molecule has 3 aliphatic rings. The SMILES string of the molecule is N#C[C@H]1C(=O)Nc2nc(N3CCOCC3)[nH]c(=O)c2[C@@]12C(=O)Nc1ccccc12. The van der Waals surface area contributed by atoms with Crippen molar-refractivity contribution in [1.29, 1.82) is 5.26 Å². The van der Waals surface area contributed by atoms with Gasteiger partial charge in [-0.2, -0.15) is 10.2 Å². The van der Waals surface area contributed by atoms with Gasteiger partial charge in [0.25, 0.3) is 5.56 Å². The van der Waals surface area contributed by atoms with Crippen molar-refractivity contribution < 1.29 is 14.3 Å². The normalized spacial score (nSPS) is 25.1. The highest BCUT2D eigenvalue weighted by Gasteiger charge is 2.61. The number of carbonyl (C=O) groups is 2. The molecule has 10 nitrogen and oxygen atoms in total. The summed E-state index contributed by atoms with van der Waals surface area (Å²) in [5, 5.41) is 15.0. The van der Waals surface area contributed by atoms with E-state index in [0.29, 0.717) is 37.6 Å².